The Bertz CT molecular complexity index is 1020. The van der Waals surface area contributed by atoms with E-state index in [2.05, 4.69) is 15.5 Å². The zero-order chi connectivity index (χ0) is 24.1. The van der Waals surface area contributed by atoms with Crippen molar-refractivity contribution in [3.05, 3.63) is 22.3 Å². The van der Waals surface area contributed by atoms with Gasteiger partial charge in [-0.1, -0.05) is 18.5 Å². The van der Waals surface area contributed by atoms with Crippen LogP contribution in [0, 0.1) is 0 Å². The fraction of sp³-hybridized carbons (Fsp3) is 0.474. The van der Waals surface area contributed by atoms with Crippen LogP contribution in [0.15, 0.2) is 21.8 Å². The maximum absolute atomic E-state index is 12.9. The number of rotatable bonds is 10. The van der Waals surface area contributed by atoms with Gasteiger partial charge in [0.05, 0.1) is 0 Å². The number of nitrogens with zero attached hydrogens (tertiary/aromatic N) is 3. The number of carbonyl (C=O) groups excluding carboxylic acids is 3. The van der Waals surface area contributed by atoms with Gasteiger partial charge in [0.25, 0.3) is 11.8 Å². The number of fused-ring (bicyclic) bond motifs is 1. The number of thioether (sulfide) groups is 1. The third-order valence-corrected chi connectivity index (χ3v) is 6.72. The molecule has 3 heterocycles. The molecule has 1 saturated heterocycles. The van der Waals surface area contributed by atoms with Gasteiger partial charge >= 0.3 is 11.9 Å². The predicted octanol–water partition coefficient (Wildman–Crippen LogP) is 0.548. The number of carbonyl (C=O) groups is 4. The Labute approximate surface area is 197 Å². The van der Waals surface area contributed by atoms with Gasteiger partial charge in [0.2, 0.25) is 0 Å². The summed E-state index contributed by atoms with van der Waals surface area (Å²) in [4.78, 5) is 59.0. The van der Waals surface area contributed by atoms with Gasteiger partial charge < -0.3 is 25.7 Å². The van der Waals surface area contributed by atoms with Crippen molar-refractivity contribution in [3.8, 4) is 0 Å². The number of hydrogen-bond donors (Lipinski definition) is 3. The summed E-state index contributed by atoms with van der Waals surface area (Å²) < 4.78 is 4.91. The van der Waals surface area contributed by atoms with Crippen LogP contribution in [-0.4, -0.2) is 74.8 Å². The smallest absolute Gasteiger partial charge is 0.352 e. The molecule has 1 fully saturated rings. The highest BCUT2D eigenvalue weighted by atomic mass is 32.2. The number of amides is 2. The second-order valence-corrected chi connectivity index (χ2v) is 9.09. The summed E-state index contributed by atoms with van der Waals surface area (Å²) in [5.41, 5.74) is 5.82. The highest BCUT2D eigenvalue weighted by molar-refractivity contribution is 8.00. The van der Waals surface area contributed by atoms with Crippen molar-refractivity contribution >= 4 is 57.7 Å². The number of nitrogens with one attached hydrogen (secondary N) is 1. The van der Waals surface area contributed by atoms with E-state index in [0.717, 1.165) is 29.1 Å². The van der Waals surface area contributed by atoms with Crippen LogP contribution in [0.4, 0.5) is 5.13 Å². The number of oxime groups is 1. The van der Waals surface area contributed by atoms with Gasteiger partial charge in [-0.15, -0.1) is 23.1 Å². The largest absolute Gasteiger partial charge is 0.477 e. The van der Waals surface area contributed by atoms with E-state index in [1.54, 1.807) is 5.38 Å². The van der Waals surface area contributed by atoms with Crippen LogP contribution in [0.3, 0.4) is 0 Å². The van der Waals surface area contributed by atoms with Crippen molar-refractivity contribution < 1.29 is 33.9 Å². The van der Waals surface area contributed by atoms with E-state index in [1.165, 1.54) is 18.7 Å². The summed E-state index contributed by atoms with van der Waals surface area (Å²) in [6.45, 7) is 3.27. The Balaban J connectivity index is 1.76. The average Bonchev–Trinajstić information content (AvgIpc) is 3.20. The molecule has 14 heteroatoms. The van der Waals surface area contributed by atoms with Gasteiger partial charge in [-0.2, -0.15) is 0 Å². The lowest BCUT2D eigenvalue weighted by atomic mass is 10.0. The Morgan fingerprint density at radius 1 is 1.42 bits per heavy atom. The van der Waals surface area contributed by atoms with Crippen molar-refractivity contribution in [1.82, 2.24) is 15.2 Å². The molecule has 0 radical (unpaired) electrons. The number of esters is 1. The molecule has 2 aliphatic heterocycles. The third kappa shape index (κ3) is 5.45. The highest BCUT2D eigenvalue weighted by Gasteiger charge is 2.54. The van der Waals surface area contributed by atoms with Crippen molar-refractivity contribution in [2.24, 2.45) is 5.16 Å². The van der Waals surface area contributed by atoms with Gasteiger partial charge in [-0.05, 0) is 6.42 Å². The third-order valence-electron chi connectivity index (χ3n) is 4.71. The summed E-state index contributed by atoms with van der Waals surface area (Å²) in [6.07, 6.45) is 1.62. The van der Waals surface area contributed by atoms with E-state index < -0.39 is 35.2 Å². The molecule has 1 unspecified atom stereocenters. The first-order chi connectivity index (χ1) is 15.7. The highest BCUT2D eigenvalue weighted by Crippen LogP contribution is 2.40. The minimum absolute atomic E-state index is 0.129. The molecule has 0 aliphatic carbocycles. The van der Waals surface area contributed by atoms with Crippen LogP contribution < -0.4 is 11.1 Å². The van der Waals surface area contributed by atoms with Crippen molar-refractivity contribution in [3.63, 3.8) is 0 Å². The fourth-order valence-corrected chi connectivity index (χ4v) is 4.99. The Morgan fingerprint density at radius 3 is 2.79 bits per heavy atom. The lowest BCUT2D eigenvalue weighted by molar-refractivity contribution is -0.150. The van der Waals surface area contributed by atoms with Gasteiger partial charge in [0, 0.05) is 23.6 Å². The first-order valence-corrected chi connectivity index (χ1v) is 11.9. The van der Waals surface area contributed by atoms with Crippen LogP contribution in [-0.2, 0) is 28.8 Å². The Kier molecular flexibility index (Phi) is 7.92. The number of unbranched alkanes of at least 4 members (excludes halogenated alkanes) is 1. The lowest BCUT2D eigenvalue weighted by Crippen LogP contribution is -2.71. The number of aliphatic carboxylic acids is 1. The van der Waals surface area contributed by atoms with E-state index in [0.29, 0.717) is 12.2 Å². The number of aromatic nitrogens is 1. The van der Waals surface area contributed by atoms with Gasteiger partial charge in [0.1, 0.15) is 36.0 Å². The number of hydrogen-bond acceptors (Lipinski definition) is 11. The second kappa shape index (κ2) is 10.7. The maximum atomic E-state index is 12.9. The molecule has 1 aromatic heterocycles. The number of β-lactam (4-membered cyclic amide) rings is 1. The molecule has 2 amide bonds. The summed E-state index contributed by atoms with van der Waals surface area (Å²) >= 11 is 2.38. The standard InChI is InChI=1S/C19H23N5O7S2/c1-3-4-5-31-23-12(11-8-33-19(20)21-11)15(26)22-13-16(27)24-14(18(28)29)10(6-30-9(2)25)7-32-17(13)24/h8,13,17H,3-7H2,1-2H3,(H2,20,21)(H,22,26)(H,28,29)/t13?,17-/m1/s1. The second-order valence-electron chi connectivity index (χ2n) is 7.10. The molecule has 0 saturated carbocycles. The molecular formula is C19H23N5O7S2. The quantitative estimate of drug-likeness (QED) is 0.136. The van der Waals surface area contributed by atoms with Crippen molar-refractivity contribution in [1.29, 1.82) is 0 Å². The van der Waals surface area contributed by atoms with Crippen LogP contribution in [0.25, 0.3) is 0 Å². The molecule has 178 valence electrons. The predicted molar refractivity (Wildman–Crippen MR) is 120 cm³/mol. The molecule has 1 aromatic rings. The molecule has 3 rings (SSSR count). The van der Waals surface area contributed by atoms with E-state index in [4.69, 9.17) is 15.3 Å². The minimum Gasteiger partial charge on any atom is -0.477 e. The summed E-state index contributed by atoms with van der Waals surface area (Å²) in [7, 11) is 0. The molecule has 2 atom stereocenters. The molecule has 33 heavy (non-hydrogen) atoms. The zero-order valence-corrected chi connectivity index (χ0v) is 19.5. The topological polar surface area (TPSA) is 174 Å². The number of ether oxygens (including phenoxy) is 1. The van der Waals surface area contributed by atoms with Gasteiger partial charge in [-0.3, -0.25) is 19.3 Å². The molecule has 12 nitrogen and oxygen atoms in total. The normalized spacial score (nSPS) is 20.1. The Morgan fingerprint density at radius 2 is 2.18 bits per heavy atom. The summed E-state index contributed by atoms with van der Waals surface area (Å²) in [6, 6.07) is -0.969. The average molecular weight is 498 g/mol. The molecule has 0 spiro atoms. The van der Waals surface area contributed by atoms with Gasteiger partial charge in [-0.25, -0.2) is 9.78 Å². The first kappa shape index (κ1) is 24.5. The maximum Gasteiger partial charge on any atom is 0.352 e. The molecular weight excluding hydrogens is 474 g/mol. The zero-order valence-electron chi connectivity index (χ0n) is 17.9. The summed E-state index contributed by atoms with van der Waals surface area (Å²) in [5, 5.41) is 17.3. The number of thiazole rings is 1. The number of carboxylic acid groups (broad SMARTS) is 1. The molecule has 0 bridgehead atoms. The van der Waals surface area contributed by atoms with E-state index in [1.807, 2.05) is 6.92 Å². The van der Waals surface area contributed by atoms with Crippen LogP contribution >= 0.6 is 23.1 Å². The van der Waals surface area contributed by atoms with E-state index in [-0.39, 0.29) is 34.6 Å². The van der Waals surface area contributed by atoms with E-state index in [9.17, 15) is 24.3 Å². The van der Waals surface area contributed by atoms with Crippen molar-refractivity contribution in [2.75, 3.05) is 24.7 Å². The van der Waals surface area contributed by atoms with Crippen LogP contribution in [0.1, 0.15) is 32.4 Å². The lowest BCUT2D eigenvalue weighted by Gasteiger charge is -2.49. The summed E-state index contributed by atoms with van der Waals surface area (Å²) in [5.74, 6) is -2.94. The monoisotopic (exact) mass is 497 g/mol. The van der Waals surface area contributed by atoms with Crippen LogP contribution in [0.2, 0.25) is 0 Å². The van der Waals surface area contributed by atoms with E-state index >= 15 is 0 Å². The number of nitrogens with two attached hydrogens (primary N) is 1. The minimum atomic E-state index is -1.31. The SMILES string of the molecule is CCCCON=C(C(=O)NC1C(=O)N2C(C(=O)O)=C(COC(C)=O)CS[C@H]12)c1csc(N)n1. The molecule has 0 aromatic carbocycles. The fourth-order valence-electron chi connectivity index (χ4n) is 3.11. The number of anilines is 1. The first-order valence-electron chi connectivity index (χ1n) is 10.00. The van der Waals surface area contributed by atoms with Gasteiger partial charge in [0.15, 0.2) is 10.8 Å². The van der Waals surface area contributed by atoms with Crippen LogP contribution in [0.5, 0.6) is 0 Å². The Hall–Kier alpha value is -3.13. The molecule has 4 N–H and O–H groups in total. The molecule has 2 aliphatic rings. The number of carboxylic acids is 1. The van der Waals surface area contributed by atoms with Crippen molar-refractivity contribution in [2.45, 2.75) is 38.1 Å². The number of nitrogen functional groups attached to an aromatic ring is 1.